The molecule has 11 heavy (non-hydrogen) atoms. The van der Waals surface area contributed by atoms with Gasteiger partial charge in [-0.1, -0.05) is 0 Å². The predicted molar refractivity (Wildman–Crippen MR) is 47.5 cm³/mol. The molecule has 0 aromatic carbocycles. The van der Waals surface area contributed by atoms with Gasteiger partial charge in [-0.3, -0.25) is 0 Å². The molecule has 0 N–H and O–H groups in total. The van der Waals surface area contributed by atoms with Crippen molar-refractivity contribution in [1.82, 2.24) is 0 Å². The van der Waals surface area contributed by atoms with E-state index in [9.17, 15) is 0 Å². The molecule has 1 rings (SSSR count). The molecule has 3 heteroatoms. The van der Waals surface area contributed by atoms with Gasteiger partial charge in [-0.15, -0.1) is 0 Å². The fraction of sp³-hybridized carbons (Fsp3) is 0.750. The van der Waals surface area contributed by atoms with Crippen LogP contribution in [0.2, 0.25) is 13.1 Å². The van der Waals surface area contributed by atoms with E-state index in [0.717, 1.165) is 5.76 Å². The van der Waals surface area contributed by atoms with Crippen molar-refractivity contribution < 1.29 is 8.85 Å². The molecule has 0 radical (unpaired) electrons. The third-order valence-corrected chi connectivity index (χ3v) is 3.30. The SMILES string of the molecule is CC1=CC(C)(C)O[Si](C)(C)O1. The second kappa shape index (κ2) is 2.35. The maximum Gasteiger partial charge on any atom is 0.392 e. The summed E-state index contributed by atoms with van der Waals surface area (Å²) in [6.45, 7) is 10.2. The van der Waals surface area contributed by atoms with Crippen LogP contribution in [0.25, 0.3) is 0 Å². The fourth-order valence-corrected chi connectivity index (χ4v) is 3.79. The van der Waals surface area contributed by atoms with E-state index in [1.54, 1.807) is 0 Å². The summed E-state index contributed by atoms with van der Waals surface area (Å²) in [7, 11) is -1.86. The lowest BCUT2D eigenvalue weighted by atomic mass is 10.1. The first-order valence-electron chi connectivity index (χ1n) is 3.89. The third-order valence-electron chi connectivity index (χ3n) is 1.47. The highest BCUT2D eigenvalue weighted by molar-refractivity contribution is 6.65. The van der Waals surface area contributed by atoms with Crippen LogP contribution in [0, 0.1) is 0 Å². The highest BCUT2D eigenvalue weighted by atomic mass is 28.4. The summed E-state index contributed by atoms with van der Waals surface area (Å²) in [5, 5.41) is 0. The van der Waals surface area contributed by atoms with Crippen LogP contribution in [-0.4, -0.2) is 14.2 Å². The van der Waals surface area contributed by atoms with Crippen molar-refractivity contribution in [3.05, 3.63) is 11.8 Å². The Bertz CT molecular complexity index is 194. The van der Waals surface area contributed by atoms with Crippen LogP contribution in [0.5, 0.6) is 0 Å². The van der Waals surface area contributed by atoms with Crippen molar-refractivity contribution in [3.8, 4) is 0 Å². The molecule has 2 nitrogen and oxygen atoms in total. The molecule has 0 aliphatic carbocycles. The molecule has 0 saturated carbocycles. The number of rotatable bonds is 0. The van der Waals surface area contributed by atoms with E-state index >= 15 is 0 Å². The van der Waals surface area contributed by atoms with Crippen LogP contribution in [0.4, 0.5) is 0 Å². The second-order valence-corrected chi connectivity index (χ2v) is 7.17. The lowest BCUT2D eigenvalue weighted by molar-refractivity contribution is 0.0833. The van der Waals surface area contributed by atoms with Gasteiger partial charge < -0.3 is 8.85 Å². The zero-order valence-electron chi connectivity index (χ0n) is 7.89. The zero-order valence-corrected chi connectivity index (χ0v) is 8.89. The summed E-state index contributed by atoms with van der Waals surface area (Å²) in [6.07, 6.45) is 2.02. The first kappa shape index (κ1) is 8.81. The van der Waals surface area contributed by atoms with Crippen molar-refractivity contribution in [2.24, 2.45) is 0 Å². The molecule has 0 atom stereocenters. The topological polar surface area (TPSA) is 18.5 Å². The van der Waals surface area contributed by atoms with E-state index in [-0.39, 0.29) is 5.60 Å². The van der Waals surface area contributed by atoms with Gasteiger partial charge in [0.1, 0.15) is 0 Å². The maximum atomic E-state index is 5.77. The van der Waals surface area contributed by atoms with E-state index < -0.39 is 8.56 Å². The smallest absolute Gasteiger partial charge is 0.392 e. The predicted octanol–water partition coefficient (Wildman–Crippen LogP) is 2.42. The molecule has 1 aliphatic heterocycles. The summed E-state index contributed by atoms with van der Waals surface area (Å²) in [5.74, 6) is 0.998. The minimum absolute atomic E-state index is 0.141. The molecule has 1 heterocycles. The van der Waals surface area contributed by atoms with Crippen LogP contribution in [0.1, 0.15) is 20.8 Å². The Morgan fingerprint density at radius 3 is 2.27 bits per heavy atom. The van der Waals surface area contributed by atoms with Crippen LogP contribution in [0.3, 0.4) is 0 Å². The highest BCUT2D eigenvalue weighted by Crippen LogP contribution is 2.28. The van der Waals surface area contributed by atoms with Gasteiger partial charge in [0.25, 0.3) is 0 Å². The van der Waals surface area contributed by atoms with Crippen molar-refractivity contribution in [2.45, 2.75) is 39.5 Å². The lowest BCUT2D eigenvalue weighted by Crippen LogP contribution is -2.45. The van der Waals surface area contributed by atoms with E-state index in [0.29, 0.717) is 0 Å². The second-order valence-electron chi connectivity index (χ2n) is 3.96. The first-order valence-corrected chi connectivity index (χ1v) is 6.71. The lowest BCUT2D eigenvalue weighted by Gasteiger charge is -2.37. The molecule has 0 amide bonds. The highest BCUT2D eigenvalue weighted by Gasteiger charge is 2.37. The first-order chi connectivity index (χ1) is 4.81. The molecule has 0 aromatic heterocycles. The van der Waals surface area contributed by atoms with Gasteiger partial charge in [0, 0.05) is 0 Å². The molecular weight excluding hydrogens is 156 g/mol. The van der Waals surface area contributed by atoms with Gasteiger partial charge in [0.15, 0.2) is 0 Å². The molecule has 1 aliphatic rings. The zero-order chi connectivity index (χ0) is 8.70. The Morgan fingerprint density at radius 2 is 1.91 bits per heavy atom. The Kier molecular flexibility index (Phi) is 1.88. The van der Waals surface area contributed by atoms with E-state index in [2.05, 4.69) is 26.9 Å². The molecule has 0 bridgehead atoms. The molecule has 0 saturated heterocycles. The standard InChI is InChI=1S/C8H16O2Si/c1-7-6-8(2,3)10-11(4,5)9-7/h6H,1-5H3. The van der Waals surface area contributed by atoms with E-state index in [1.165, 1.54) is 0 Å². The molecule has 0 unspecified atom stereocenters. The Morgan fingerprint density at radius 1 is 1.36 bits per heavy atom. The van der Waals surface area contributed by atoms with E-state index in [1.807, 2.05) is 13.0 Å². The average Bonchev–Trinajstić information content (AvgIpc) is 1.49. The minimum Gasteiger partial charge on any atom is -0.524 e. The van der Waals surface area contributed by atoms with Crippen molar-refractivity contribution in [2.75, 3.05) is 0 Å². The van der Waals surface area contributed by atoms with E-state index in [4.69, 9.17) is 8.85 Å². The quantitative estimate of drug-likeness (QED) is 0.522. The van der Waals surface area contributed by atoms with Gasteiger partial charge in [-0.05, 0) is 39.9 Å². The Hall–Kier alpha value is -0.283. The normalized spacial score (nSPS) is 27.2. The van der Waals surface area contributed by atoms with Crippen molar-refractivity contribution in [3.63, 3.8) is 0 Å². The van der Waals surface area contributed by atoms with Gasteiger partial charge >= 0.3 is 8.56 Å². The summed E-state index contributed by atoms with van der Waals surface area (Å²) in [6, 6.07) is 0. The van der Waals surface area contributed by atoms with Crippen LogP contribution >= 0.6 is 0 Å². The monoisotopic (exact) mass is 172 g/mol. The van der Waals surface area contributed by atoms with Gasteiger partial charge in [0.2, 0.25) is 0 Å². The van der Waals surface area contributed by atoms with Gasteiger partial charge in [0.05, 0.1) is 11.4 Å². The molecule has 0 aromatic rings. The minimum atomic E-state index is -1.86. The Labute approximate surface area is 69.5 Å². The van der Waals surface area contributed by atoms with Crippen LogP contribution in [-0.2, 0) is 8.85 Å². The molecule has 0 spiro atoms. The van der Waals surface area contributed by atoms with Crippen molar-refractivity contribution >= 4 is 8.56 Å². The van der Waals surface area contributed by atoms with Crippen LogP contribution in [0.15, 0.2) is 11.8 Å². The van der Waals surface area contributed by atoms with Gasteiger partial charge in [-0.2, -0.15) is 0 Å². The Balaban J connectivity index is 2.86. The molecular formula is C8H16O2Si. The van der Waals surface area contributed by atoms with Crippen molar-refractivity contribution in [1.29, 1.82) is 0 Å². The number of hydrogen-bond acceptors (Lipinski definition) is 2. The van der Waals surface area contributed by atoms with Crippen LogP contribution < -0.4 is 0 Å². The average molecular weight is 172 g/mol. The molecule has 0 fully saturated rings. The summed E-state index contributed by atoms with van der Waals surface area (Å²) < 4.78 is 11.4. The fourth-order valence-electron chi connectivity index (χ4n) is 1.59. The third kappa shape index (κ3) is 2.34. The number of allylic oxidation sites excluding steroid dienone is 1. The molecule has 64 valence electrons. The maximum absolute atomic E-state index is 5.77. The number of hydrogen-bond donors (Lipinski definition) is 0. The largest absolute Gasteiger partial charge is 0.524 e. The summed E-state index contributed by atoms with van der Waals surface area (Å²) in [4.78, 5) is 0. The summed E-state index contributed by atoms with van der Waals surface area (Å²) in [5.41, 5.74) is -0.141. The summed E-state index contributed by atoms with van der Waals surface area (Å²) >= 11 is 0. The van der Waals surface area contributed by atoms with Gasteiger partial charge in [-0.25, -0.2) is 0 Å².